The molecule has 1 aliphatic heterocycles. The quantitative estimate of drug-likeness (QED) is 0.792. The fourth-order valence-electron chi connectivity index (χ4n) is 2.75. The molecular weight excluding hydrogens is 250 g/mol. The van der Waals surface area contributed by atoms with E-state index in [4.69, 9.17) is 4.74 Å². The Balaban J connectivity index is 2.27. The number of para-hydroxylation sites is 2. The number of hydrogen-bond donors (Lipinski definition) is 0. The number of ether oxygens (including phenoxy) is 1. The molecule has 2 aromatic rings. The normalized spacial score (nSPS) is 20.6. The summed E-state index contributed by atoms with van der Waals surface area (Å²) in [5, 5.41) is 0. The van der Waals surface area contributed by atoms with Gasteiger partial charge in [0.15, 0.2) is 5.60 Å². The minimum atomic E-state index is -0.857. The maximum Gasteiger partial charge on any atom is 0.223 e. The smallest absolute Gasteiger partial charge is 0.223 e. The molecule has 20 heavy (non-hydrogen) atoms. The Morgan fingerprint density at radius 2 is 2.10 bits per heavy atom. The Kier molecular flexibility index (Phi) is 2.97. The number of fused-ring (bicyclic) bond motifs is 3. The SMILES string of the molecule is C=CCC1(CC)Oc2ccccc2-n2cccc2C1=O. The van der Waals surface area contributed by atoms with E-state index >= 15 is 0 Å². The monoisotopic (exact) mass is 267 g/mol. The Labute approximate surface area is 118 Å². The van der Waals surface area contributed by atoms with Crippen molar-refractivity contribution in [1.29, 1.82) is 0 Å². The van der Waals surface area contributed by atoms with Crippen molar-refractivity contribution in [3.8, 4) is 11.4 Å². The summed E-state index contributed by atoms with van der Waals surface area (Å²) in [5.41, 5.74) is 0.712. The Hall–Kier alpha value is -2.29. The lowest BCUT2D eigenvalue weighted by Gasteiger charge is -2.29. The first-order valence-electron chi connectivity index (χ1n) is 6.83. The minimum Gasteiger partial charge on any atom is -0.477 e. The summed E-state index contributed by atoms with van der Waals surface area (Å²) >= 11 is 0. The van der Waals surface area contributed by atoms with E-state index in [2.05, 4.69) is 6.58 Å². The number of benzene rings is 1. The van der Waals surface area contributed by atoms with E-state index in [-0.39, 0.29) is 5.78 Å². The van der Waals surface area contributed by atoms with Crippen molar-refractivity contribution in [3.63, 3.8) is 0 Å². The molecule has 1 atom stereocenters. The summed E-state index contributed by atoms with van der Waals surface area (Å²) in [6.45, 7) is 5.75. The highest BCUT2D eigenvalue weighted by atomic mass is 16.5. The molecule has 1 unspecified atom stereocenters. The maximum absolute atomic E-state index is 12.9. The largest absolute Gasteiger partial charge is 0.477 e. The van der Waals surface area contributed by atoms with Gasteiger partial charge in [0.05, 0.1) is 11.4 Å². The van der Waals surface area contributed by atoms with Crippen LogP contribution in [0.4, 0.5) is 0 Å². The van der Waals surface area contributed by atoms with Crippen molar-refractivity contribution in [2.75, 3.05) is 0 Å². The Morgan fingerprint density at radius 3 is 2.85 bits per heavy atom. The molecule has 102 valence electrons. The molecular formula is C17H17NO2. The first-order valence-corrected chi connectivity index (χ1v) is 6.83. The van der Waals surface area contributed by atoms with E-state index in [1.165, 1.54) is 0 Å². The zero-order valence-corrected chi connectivity index (χ0v) is 11.5. The van der Waals surface area contributed by atoms with Crippen molar-refractivity contribution >= 4 is 5.78 Å². The number of nitrogens with zero attached hydrogens (tertiary/aromatic N) is 1. The number of Topliss-reactive ketones (excluding diaryl/α,β-unsaturated/α-hetero) is 1. The molecule has 3 nitrogen and oxygen atoms in total. The third-order valence-electron chi connectivity index (χ3n) is 3.87. The Bertz CT molecular complexity index is 671. The molecule has 2 heterocycles. The van der Waals surface area contributed by atoms with Gasteiger partial charge in [0.25, 0.3) is 0 Å². The topological polar surface area (TPSA) is 31.2 Å². The molecule has 0 radical (unpaired) electrons. The number of aromatic nitrogens is 1. The van der Waals surface area contributed by atoms with Gasteiger partial charge in [-0.05, 0) is 30.7 Å². The summed E-state index contributed by atoms with van der Waals surface area (Å²) in [6, 6.07) is 11.5. The van der Waals surface area contributed by atoms with Crippen molar-refractivity contribution in [3.05, 3.63) is 60.9 Å². The second-order valence-electron chi connectivity index (χ2n) is 5.00. The van der Waals surface area contributed by atoms with E-state index < -0.39 is 5.60 Å². The zero-order valence-electron chi connectivity index (χ0n) is 11.5. The van der Waals surface area contributed by atoms with E-state index in [1.54, 1.807) is 6.08 Å². The van der Waals surface area contributed by atoms with Crippen LogP contribution in [0.5, 0.6) is 5.75 Å². The van der Waals surface area contributed by atoms with Crippen molar-refractivity contribution in [2.24, 2.45) is 0 Å². The number of hydrogen-bond acceptors (Lipinski definition) is 2. The van der Waals surface area contributed by atoms with Crippen LogP contribution in [0.2, 0.25) is 0 Å². The fourth-order valence-corrected chi connectivity index (χ4v) is 2.75. The molecule has 3 rings (SSSR count). The van der Waals surface area contributed by atoms with Crippen LogP contribution >= 0.6 is 0 Å². The molecule has 0 saturated heterocycles. The number of carbonyl (C=O) groups excluding carboxylic acids is 1. The predicted molar refractivity (Wildman–Crippen MR) is 78.6 cm³/mol. The molecule has 0 amide bonds. The van der Waals surface area contributed by atoms with Gasteiger partial charge in [-0.3, -0.25) is 4.79 Å². The molecule has 0 bridgehead atoms. The summed E-state index contributed by atoms with van der Waals surface area (Å²) in [5.74, 6) is 0.751. The molecule has 0 saturated carbocycles. The lowest BCUT2D eigenvalue weighted by molar-refractivity contribution is 0.0450. The molecule has 0 aliphatic carbocycles. The average molecular weight is 267 g/mol. The van der Waals surface area contributed by atoms with Gasteiger partial charge in [0.1, 0.15) is 5.75 Å². The third-order valence-corrected chi connectivity index (χ3v) is 3.87. The third kappa shape index (κ3) is 1.70. The number of ketones is 1. The summed E-state index contributed by atoms with van der Waals surface area (Å²) in [6.07, 6.45) is 4.76. The van der Waals surface area contributed by atoms with Crippen LogP contribution in [-0.2, 0) is 0 Å². The summed E-state index contributed by atoms with van der Waals surface area (Å²) in [7, 11) is 0. The molecule has 3 heteroatoms. The van der Waals surface area contributed by atoms with Gasteiger partial charge in [0, 0.05) is 12.6 Å². The molecule has 1 aromatic carbocycles. The first-order chi connectivity index (χ1) is 9.72. The van der Waals surface area contributed by atoms with Crippen molar-refractivity contribution in [1.82, 2.24) is 4.57 Å². The van der Waals surface area contributed by atoms with Gasteiger partial charge in [0.2, 0.25) is 5.78 Å². The second kappa shape index (κ2) is 4.67. The highest BCUT2D eigenvalue weighted by molar-refractivity contribution is 6.03. The summed E-state index contributed by atoms with van der Waals surface area (Å²) < 4.78 is 8.05. The number of rotatable bonds is 3. The molecule has 1 aromatic heterocycles. The van der Waals surface area contributed by atoms with E-state index in [0.717, 1.165) is 11.4 Å². The summed E-state index contributed by atoms with van der Waals surface area (Å²) in [4.78, 5) is 12.9. The second-order valence-corrected chi connectivity index (χ2v) is 5.00. The van der Waals surface area contributed by atoms with E-state index in [1.807, 2.05) is 54.1 Å². The van der Waals surface area contributed by atoms with E-state index in [0.29, 0.717) is 18.5 Å². The van der Waals surface area contributed by atoms with Crippen LogP contribution in [0.1, 0.15) is 30.3 Å². The molecule has 0 spiro atoms. The predicted octanol–water partition coefficient (Wildman–Crippen LogP) is 3.78. The van der Waals surface area contributed by atoms with Crippen LogP contribution in [0.15, 0.2) is 55.3 Å². The first kappa shape index (κ1) is 12.7. The highest BCUT2D eigenvalue weighted by Crippen LogP contribution is 2.37. The van der Waals surface area contributed by atoms with Crippen LogP contribution in [0, 0.1) is 0 Å². The molecule has 0 fully saturated rings. The van der Waals surface area contributed by atoms with Gasteiger partial charge >= 0.3 is 0 Å². The highest BCUT2D eigenvalue weighted by Gasteiger charge is 2.42. The van der Waals surface area contributed by atoms with Gasteiger partial charge in [-0.1, -0.05) is 25.1 Å². The average Bonchev–Trinajstić information content (AvgIpc) is 2.92. The number of carbonyl (C=O) groups is 1. The van der Waals surface area contributed by atoms with Gasteiger partial charge < -0.3 is 9.30 Å². The van der Waals surface area contributed by atoms with Gasteiger partial charge in [-0.2, -0.15) is 0 Å². The minimum absolute atomic E-state index is 0.0149. The zero-order chi connectivity index (χ0) is 14.2. The lowest BCUT2D eigenvalue weighted by atomic mass is 9.89. The fraction of sp³-hybridized carbons (Fsp3) is 0.235. The standard InChI is InChI=1S/C17H17NO2/c1-3-11-17(4-2)16(19)14-9-7-12-18(14)13-8-5-6-10-15(13)20-17/h3,5-10,12H,1,4,11H2,2H3. The van der Waals surface area contributed by atoms with Crippen molar-refractivity contribution in [2.45, 2.75) is 25.4 Å². The van der Waals surface area contributed by atoms with Crippen molar-refractivity contribution < 1.29 is 9.53 Å². The van der Waals surface area contributed by atoms with Crippen LogP contribution < -0.4 is 4.74 Å². The lowest BCUT2D eigenvalue weighted by Crippen LogP contribution is -2.43. The molecule has 1 aliphatic rings. The maximum atomic E-state index is 12.9. The van der Waals surface area contributed by atoms with Gasteiger partial charge in [-0.15, -0.1) is 6.58 Å². The van der Waals surface area contributed by atoms with Crippen LogP contribution in [0.25, 0.3) is 5.69 Å². The van der Waals surface area contributed by atoms with E-state index in [9.17, 15) is 4.79 Å². The van der Waals surface area contributed by atoms with Crippen LogP contribution in [0.3, 0.4) is 0 Å². The van der Waals surface area contributed by atoms with Gasteiger partial charge in [-0.25, -0.2) is 0 Å². The van der Waals surface area contributed by atoms with Crippen LogP contribution in [-0.4, -0.2) is 16.0 Å². The molecule has 0 N–H and O–H groups in total. The Morgan fingerprint density at radius 1 is 1.30 bits per heavy atom.